The Morgan fingerprint density at radius 3 is 2.54 bits per heavy atom. The third-order valence-corrected chi connectivity index (χ3v) is 4.25. The van der Waals surface area contributed by atoms with Gasteiger partial charge < -0.3 is 19.9 Å². The topological polar surface area (TPSA) is 87.7 Å². The fraction of sp³-hybridized carbons (Fsp3) is 0.667. The van der Waals surface area contributed by atoms with E-state index in [1.165, 1.54) is 0 Å². The zero-order valence-corrected chi connectivity index (χ0v) is 16.0. The molecule has 1 aliphatic rings. The predicted molar refractivity (Wildman–Crippen MR) is 99.4 cm³/mol. The molecule has 0 bridgehead atoms. The van der Waals surface area contributed by atoms with Crippen LogP contribution in [-0.4, -0.2) is 66.2 Å². The standard InChI is InChI=1S/C18H29N5O3/c1-4-6-7-8-19-17(24)15-13-16(21-14(3)20-15)22-9-11-23(12-10-22)18(25)26-5-2/h13H,4-12H2,1-3H3,(H,19,24). The summed E-state index contributed by atoms with van der Waals surface area (Å²) in [5.41, 5.74) is 0.386. The summed E-state index contributed by atoms with van der Waals surface area (Å²) in [6.45, 7) is 9.17. The minimum Gasteiger partial charge on any atom is -0.450 e. The maximum absolute atomic E-state index is 12.3. The van der Waals surface area contributed by atoms with Crippen LogP contribution in [0.15, 0.2) is 6.07 Å². The van der Waals surface area contributed by atoms with Crippen LogP contribution in [-0.2, 0) is 4.74 Å². The van der Waals surface area contributed by atoms with E-state index in [4.69, 9.17) is 4.74 Å². The number of nitrogens with one attached hydrogen (secondary N) is 1. The van der Waals surface area contributed by atoms with Crippen LogP contribution in [0.5, 0.6) is 0 Å². The first-order valence-corrected chi connectivity index (χ1v) is 9.35. The third kappa shape index (κ3) is 5.57. The van der Waals surface area contributed by atoms with Gasteiger partial charge in [-0.3, -0.25) is 4.79 Å². The molecule has 1 fully saturated rings. The van der Waals surface area contributed by atoms with Crippen molar-refractivity contribution >= 4 is 17.8 Å². The van der Waals surface area contributed by atoms with Gasteiger partial charge in [-0.25, -0.2) is 14.8 Å². The van der Waals surface area contributed by atoms with Gasteiger partial charge in [-0.1, -0.05) is 19.8 Å². The van der Waals surface area contributed by atoms with Crippen molar-refractivity contribution in [3.05, 3.63) is 17.6 Å². The Morgan fingerprint density at radius 2 is 1.88 bits per heavy atom. The molecule has 1 saturated heterocycles. The van der Waals surface area contributed by atoms with E-state index < -0.39 is 0 Å². The Kier molecular flexibility index (Phi) is 7.62. The molecule has 0 spiro atoms. The van der Waals surface area contributed by atoms with Gasteiger partial charge in [0.2, 0.25) is 0 Å². The summed E-state index contributed by atoms with van der Waals surface area (Å²) in [5, 5.41) is 2.91. The van der Waals surface area contributed by atoms with Gasteiger partial charge in [-0.2, -0.15) is 0 Å². The van der Waals surface area contributed by atoms with Crippen LogP contribution in [0.4, 0.5) is 10.6 Å². The van der Waals surface area contributed by atoms with Crippen molar-refractivity contribution in [1.29, 1.82) is 0 Å². The van der Waals surface area contributed by atoms with Crippen molar-refractivity contribution in [2.75, 3.05) is 44.2 Å². The van der Waals surface area contributed by atoms with E-state index in [1.54, 1.807) is 24.8 Å². The van der Waals surface area contributed by atoms with Crippen LogP contribution in [0.2, 0.25) is 0 Å². The molecule has 1 aromatic heterocycles. The molecule has 144 valence electrons. The number of aromatic nitrogens is 2. The quantitative estimate of drug-likeness (QED) is 0.746. The molecule has 26 heavy (non-hydrogen) atoms. The van der Waals surface area contributed by atoms with E-state index in [1.807, 2.05) is 0 Å². The highest BCUT2D eigenvalue weighted by Gasteiger charge is 2.23. The largest absolute Gasteiger partial charge is 0.450 e. The molecular weight excluding hydrogens is 334 g/mol. The second-order valence-corrected chi connectivity index (χ2v) is 6.29. The molecule has 0 aromatic carbocycles. The Bertz CT molecular complexity index is 615. The molecule has 2 rings (SSSR count). The lowest BCUT2D eigenvalue weighted by Gasteiger charge is -2.34. The number of hydrogen-bond donors (Lipinski definition) is 1. The third-order valence-electron chi connectivity index (χ3n) is 4.25. The number of anilines is 1. The van der Waals surface area contributed by atoms with Crippen LogP contribution in [0, 0.1) is 6.92 Å². The lowest BCUT2D eigenvalue weighted by atomic mass is 10.2. The zero-order valence-electron chi connectivity index (χ0n) is 16.0. The summed E-state index contributed by atoms with van der Waals surface area (Å²) in [5.74, 6) is 1.12. The number of ether oxygens (including phenoxy) is 1. The highest BCUT2D eigenvalue weighted by molar-refractivity contribution is 5.92. The SMILES string of the molecule is CCCCCNC(=O)c1cc(N2CCN(C(=O)OCC)CC2)nc(C)n1. The summed E-state index contributed by atoms with van der Waals surface area (Å²) in [6, 6.07) is 1.72. The Hall–Kier alpha value is -2.38. The molecule has 2 amide bonds. The fourth-order valence-electron chi connectivity index (χ4n) is 2.83. The van der Waals surface area contributed by atoms with Crippen molar-refractivity contribution in [2.45, 2.75) is 40.0 Å². The van der Waals surface area contributed by atoms with Gasteiger partial charge in [0.15, 0.2) is 0 Å². The van der Waals surface area contributed by atoms with Gasteiger partial charge >= 0.3 is 6.09 Å². The molecule has 0 aliphatic carbocycles. The van der Waals surface area contributed by atoms with Gasteiger partial charge in [0.25, 0.3) is 5.91 Å². The number of nitrogens with zero attached hydrogens (tertiary/aromatic N) is 4. The molecule has 1 aromatic rings. The number of unbranched alkanes of at least 4 members (excludes halogenated alkanes) is 2. The first kappa shape index (κ1) is 19.9. The maximum atomic E-state index is 12.3. The van der Waals surface area contributed by atoms with Crippen LogP contribution >= 0.6 is 0 Å². The van der Waals surface area contributed by atoms with Gasteiger partial charge in [0, 0.05) is 38.8 Å². The number of aryl methyl sites for hydroxylation is 1. The molecule has 0 unspecified atom stereocenters. The van der Waals surface area contributed by atoms with Crippen molar-refractivity contribution in [3.8, 4) is 0 Å². The normalized spacial score (nSPS) is 14.3. The van der Waals surface area contributed by atoms with Crippen LogP contribution in [0.1, 0.15) is 49.4 Å². The minimum absolute atomic E-state index is 0.169. The minimum atomic E-state index is -0.279. The van der Waals surface area contributed by atoms with E-state index in [-0.39, 0.29) is 12.0 Å². The number of carbonyl (C=O) groups is 2. The molecule has 0 saturated carbocycles. The summed E-state index contributed by atoms with van der Waals surface area (Å²) in [6.07, 6.45) is 2.90. The monoisotopic (exact) mass is 363 g/mol. The van der Waals surface area contributed by atoms with E-state index in [2.05, 4.69) is 27.1 Å². The first-order valence-electron chi connectivity index (χ1n) is 9.35. The molecule has 8 nitrogen and oxygen atoms in total. The van der Waals surface area contributed by atoms with Crippen molar-refractivity contribution in [1.82, 2.24) is 20.2 Å². The van der Waals surface area contributed by atoms with Crippen molar-refractivity contribution in [2.24, 2.45) is 0 Å². The molecule has 0 atom stereocenters. The number of piperazine rings is 1. The van der Waals surface area contributed by atoms with Crippen LogP contribution in [0.3, 0.4) is 0 Å². The van der Waals surface area contributed by atoms with Crippen LogP contribution in [0.25, 0.3) is 0 Å². The van der Waals surface area contributed by atoms with Gasteiger partial charge in [-0.15, -0.1) is 0 Å². The lowest BCUT2D eigenvalue weighted by Crippen LogP contribution is -2.49. The Labute approximate surface area is 154 Å². The molecular formula is C18H29N5O3. The summed E-state index contributed by atoms with van der Waals surface area (Å²) >= 11 is 0. The van der Waals surface area contributed by atoms with E-state index >= 15 is 0 Å². The van der Waals surface area contributed by atoms with Gasteiger partial charge in [0.05, 0.1) is 6.61 Å². The van der Waals surface area contributed by atoms with Gasteiger partial charge in [-0.05, 0) is 20.3 Å². The average Bonchev–Trinajstić information content (AvgIpc) is 2.65. The molecule has 1 N–H and O–H groups in total. The van der Waals surface area contributed by atoms with Crippen molar-refractivity contribution < 1.29 is 14.3 Å². The fourth-order valence-corrected chi connectivity index (χ4v) is 2.83. The van der Waals surface area contributed by atoms with Crippen LogP contribution < -0.4 is 10.2 Å². The van der Waals surface area contributed by atoms with E-state index in [0.717, 1.165) is 25.1 Å². The van der Waals surface area contributed by atoms with Gasteiger partial charge in [0.1, 0.15) is 17.3 Å². The first-order chi connectivity index (χ1) is 12.5. The predicted octanol–water partition coefficient (Wildman–Crippen LogP) is 1.98. The average molecular weight is 363 g/mol. The summed E-state index contributed by atoms with van der Waals surface area (Å²) in [7, 11) is 0. The molecule has 2 heterocycles. The number of carbonyl (C=O) groups excluding carboxylic acids is 2. The van der Waals surface area contributed by atoms with Crippen molar-refractivity contribution in [3.63, 3.8) is 0 Å². The molecule has 0 radical (unpaired) electrons. The number of hydrogen-bond acceptors (Lipinski definition) is 6. The number of amides is 2. The highest BCUT2D eigenvalue weighted by Crippen LogP contribution is 2.16. The molecule has 1 aliphatic heterocycles. The second-order valence-electron chi connectivity index (χ2n) is 6.29. The lowest BCUT2D eigenvalue weighted by molar-refractivity contribution is 0.0947. The summed E-state index contributed by atoms with van der Waals surface area (Å²) in [4.78, 5) is 36.6. The Balaban J connectivity index is 1.97. The van der Waals surface area contributed by atoms with E-state index in [9.17, 15) is 9.59 Å². The molecule has 8 heteroatoms. The second kappa shape index (κ2) is 9.94. The summed E-state index contributed by atoms with van der Waals surface area (Å²) < 4.78 is 5.04. The number of rotatable bonds is 7. The Morgan fingerprint density at radius 1 is 1.15 bits per heavy atom. The maximum Gasteiger partial charge on any atom is 0.409 e. The smallest absolute Gasteiger partial charge is 0.409 e. The van der Waals surface area contributed by atoms with E-state index in [0.29, 0.717) is 50.8 Å². The highest BCUT2D eigenvalue weighted by atomic mass is 16.6. The zero-order chi connectivity index (χ0) is 18.9.